The van der Waals surface area contributed by atoms with Crippen LogP contribution < -0.4 is 0 Å². The number of pyridine rings is 1. The van der Waals surface area contributed by atoms with Gasteiger partial charge in [0.15, 0.2) is 0 Å². The van der Waals surface area contributed by atoms with Crippen molar-refractivity contribution in [3.05, 3.63) is 54.2 Å². The van der Waals surface area contributed by atoms with Gasteiger partial charge in [0.2, 0.25) is 5.91 Å². The lowest BCUT2D eigenvalue weighted by molar-refractivity contribution is -0.137. The van der Waals surface area contributed by atoms with E-state index in [4.69, 9.17) is 4.42 Å². The van der Waals surface area contributed by atoms with E-state index >= 15 is 0 Å². The Balaban J connectivity index is 1.26. The SMILES string of the molecule is CN(Cc1ccco1)C(=O)[C@H]1CCCN(C2CCN(Cc3cccnc3)CC2)C1. The van der Waals surface area contributed by atoms with Crippen LogP contribution in [0.3, 0.4) is 0 Å². The zero-order valence-electron chi connectivity index (χ0n) is 17.4. The first-order valence-corrected chi connectivity index (χ1v) is 10.8. The Hall–Kier alpha value is -2.18. The molecular weight excluding hydrogens is 364 g/mol. The Morgan fingerprint density at radius 2 is 2.07 bits per heavy atom. The number of furan rings is 1. The number of aromatic nitrogens is 1. The number of nitrogens with zero attached hydrogens (tertiary/aromatic N) is 4. The highest BCUT2D eigenvalue weighted by molar-refractivity contribution is 5.78. The van der Waals surface area contributed by atoms with Gasteiger partial charge in [-0.05, 0) is 69.1 Å². The molecule has 0 radical (unpaired) electrons. The Kier molecular flexibility index (Phi) is 6.62. The van der Waals surface area contributed by atoms with Gasteiger partial charge in [-0.15, -0.1) is 0 Å². The van der Waals surface area contributed by atoms with Crippen molar-refractivity contribution in [3.63, 3.8) is 0 Å². The van der Waals surface area contributed by atoms with Crippen molar-refractivity contribution < 1.29 is 9.21 Å². The molecule has 0 saturated carbocycles. The van der Waals surface area contributed by atoms with Gasteiger partial charge in [-0.2, -0.15) is 0 Å². The molecule has 1 amide bonds. The molecule has 4 heterocycles. The average Bonchev–Trinajstić information content (AvgIpc) is 3.27. The van der Waals surface area contributed by atoms with Crippen LogP contribution in [0.2, 0.25) is 0 Å². The fourth-order valence-corrected chi connectivity index (χ4v) is 4.76. The van der Waals surface area contributed by atoms with Crippen LogP contribution in [0, 0.1) is 5.92 Å². The van der Waals surface area contributed by atoms with Crippen LogP contribution in [-0.2, 0) is 17.9 Å². The maximum atomic E-state index is 13.0. The highest BCUT2D eigenvalue weighted by Gasteiger charge is 2.32. The molecule has 0 N–H and O–H groups in total. The zero-order valence-corrected chi connectivity index (χ0v) is 17.4. The molecule has 0 aliphatic carbocycles. The van der Waals surface area contributed by atoms with Gasteiger partial charge >= 0.3 is 0 Å². The van der Waals surface area contributed by atoms with Crippen molar-refractivity contribution in [2.45, 2.75) is 44.8 Å². The van der Waals surface area contributed by atoms with Gasteiger partial charge in [-0.1, -0.05) is 6.07 Å². The molecule has 6 nitrogen and oxygen atoms in total. The summed E-state index contributed by atoms with van der Waals surface area (Å²) < 4.78 is 5.40. The standard InChI is InChI=1S/C23H32N4O2/c1-25(18-22-7-4-14-29-22)23(28)20-6-3-11-27(17-20)21-8-12-26(13-9-21)16-19-5-2-10-24-15-19/h2,4-5,7,10,14-15,20-21H,3,6,8-9,11-13,16-18H2,1H3/t20-/m0/s1. The highest BCUT2D eigenvalue weighted by atomic mass is 16.3. The molecule has 0 unspecified atom stereocenters. The molecular formula is C23H32N4O2. The van der Waals surface area contributed by atoms with Crippen molar-refractivity contribution in [3.8, 4) is 0 Å². The lowest BCUT2D eigenvalue weighted by Gasteiger charge is -2.42. The number of hydrogen-bond acceptors (Lipinski definition) is 5. The maximum absolute atomic E-state index is 13.0. The third kappa shape index (κ3) is 5.25. The molecule has 0 spiro atoms. The molecule has 0 bridgehead atoms. The van der Waals surface area contributed by atoms with Crippen molar-refractivity contribution in [1.82, 2.24) is 19.7 Å². The van der Waals surface area contributed by atoms with Gasteiger partial charge in [-0.3, -0.25) is 19.6 Å². The van der Waals surface area contributed by atoms with Crippen LogP contribution in [-0.4, -0.2) is 64.9 Å². The summed E-state index contributed by atoms with van der Waals surface area (Å²) in [4.78, 5) is 24.1. The summed E-state index contributed by atoms with van der Waals surface area (Å²) in [5, 5.41) is 0. The minimum atomic E-state index is 0.108. The van der Waals surface area contributed by atoms with E-state index in [9.17, 15) is 4.79 Å². The first-order valence-electron chi connectivity index (χ1n) is 10.8. The summed E-state index contributed by atoms with van der Waals surface area (Å²) in [7, 11) is 1.89. The normalized spacial score (nSPS) is 21.9. The largest absolute Gasteiger partial charge is 0.467 e. The molecule has 6 heteroatoms. The predicted octanol–water partition coefficient (Wildman–Crippen LogP) is 3.01. The van der Waals surface area contributed by atoms with E-state index in [1.165, 1.54) is 18.4 Å². The summed E-state index contributed by atoms with van der Waals surface area (Å²) in [5.74, 6) is 1.20. The zero-order chi connectivity index (χ0) is 20.1. The topological polar surface area (TPSA) is 52.8 Å². The van der Waals surface area contributed by atoms with Crippen LogP contribution in [0.1, 0.15) is 37.0 Å². The lowest BCUT2D eigenvalue weighted by atomic mass is 9.93. The number of rotatable bonds is 6. The Labute approximate surface area is 173 Å². The van der Waals surface area contributed by atoms with Crippen LogP contribution in [0.15, 0.2) is 47.3 Å². The van der Waals surface area contributed by atoms with E-state index in [-0.39, 0.29) is 11.8 Å². The van der Waals surface area contributed by atoms with Gasteiger partial charge in [0.05, 0.1) is 18.7 Å². The van der Waals surface area contributed by atoms with Crippen molar-refractivity contribution in [1.29, 1.82) is 0 Å². The summed E-state index contributed by atoms with van der Waals surface area (Å²) in [5.41, 5.74) is 1.29. The monoisotopic (exact) mass is 396 g/mol. The van der Waals surface area contributed by atoms with Gasteiger partial charge in [-0.25, -0.2) is 0 Å². The predicted molar refractivity (Wildman–Crippen MR) is 112 cm³/mol. The smallest absolute Gasteiger partial charge is 0.227 e. The van der Waals surface area contributed by atoms with Crippen LogP contribution in [0.25, 0.3) is 0 Å². The number of carbonyl (C=O) groups is 1. The summed E-state index contributed by atoms with van der Waals surface area (Å²) in [6, 6.07) is 8.56. The lowest BCUT2D eigenvalue weighted by Crippen LogP contribution is -2.50. The minimum absolute atomic E-state index is 0.108. The maximum Gasteiger partial charge on any atom is 0.227 e. The molecule has 29 heavy (non-hydrogen) atoms. The molecule has 4 rings (SSSR count). The molecule has 2 saturated heterocycles. The molecule has 2 fully saturated rings. The molecule has 0 aromatic carbocycles. The molecule has 2 aromatic heterocycles. The van der Waals surface area contributed by atoms with Gasteiger partial charge in [0.25, 0.3) is 0 Å². The molecule has 1 atom stereocenters. The number of amides is 1. The second-order valence-corrected chi connectivity index (χ2v) is 8.48. The fourth-order valence-electron chi connectivity index (χ4n) is 4.76. The molecule has 2 aliphatic heterocycles. The first-order chi connectivity index (χ1) is 14.2. The third-order valence-corrected chi connectivity index (χ3v) is 6.35. The first kappa shape index (κ1) is 20.1. The Morgan fingerprint density at radius 3 is 2.79 bits per heavy atom. The number of piperidine rings is 2. The average molecular weight is 397 g/mol. The number of hydrogen-bond donors (Lipinski definition) is 0. The number of likely N-dealkylation sites (tertiary alicyclic amines) is 2. The number of carbonyl (C=O) groups excluding carboxylic acids is 1. The van der Waals surface area contributed by atoms with Crippen LogP contribution in [0.5, 0.6) is 0 Å². The Morgan fingerprint density at radius 1 is 1.21 bits per heavy atom. The molecule has 156 valence electrons. The summed E-state index contributed by atoms with van der Waals surface area (Å²) in [6.45, 7) is 5.79. The second kappa shape index (κ2) is 9.55. The quantitative estimate of drug-likeness (QED) is 0.751. The minimum Gasteiger partial charge on any atom is -0.467 e. The Bertz CT molecular complexity index is 756. The van der Waals surface area contributed by atoms with E-state index < -0.39 is 0 Å². The van der Waals surface area contributed by atoms with Gasteiger partial charge in [0.1, 0.15) is 5.76 Å². The van der Waals surface area contributed by atoms with Crippen LogP contribution in [0.4, 0.5) is 0 Å². The van der Waals surface area contributed by atoms with E-state index in [0.717, 1.165) is 51.3 Å². The van der Waals surface area contributed by atoms with E-state index in [2.05, 4.69) is 20.9 Å². The summed E-state index contributed by atoms with van der Waals surface area (Å²) >= 11 is 0. The second-order valence-electron chi connectivity index (χ2n) is 8.48. The molecule has 2 aromatic rings. The van der Waals surface area contributed by atoms with Gasteiger partial charge < -0.3 is 9.32 Å². The van der Waals surface area contributed by atoms with E-state index in [1.54, 1.807) is 6.26 Å². The summed E-state index contributed by atoms with van der Waals surface area (Å²) in [6.07, 6.45) is 9.93. The van der Waals surface area contributed by atoms with Gasteiger partial charge in [0, 0.05) is 38.6 Å². The third-order valence-electron chi connectivity index (χ3n) is 6.35. The fraction of sp³-hybridized carbons (Fsp3) is 0.565. The van der Waals surface area contributed by atoms with E-state index in [1.807, 2.05) is 42.5 Å². The molecule has 2 aliphatic rings. The van der Waals surface area contributed by atoms with Crippen molar-refractivity contribution >= 4 is 5.91 Å². The highest BCUT2D eigenvalue weighted by Crippen LogP contribution is 2.26. The van der Waals surface area contributed by atoms with Crippen LogP contribution >= 0.6 is 0 Å². The van der Waals surface area contributed by atoms with Crippen molar-refractivity contribution in [2.24, 2.45) is 5.92 Å². The van der Waals surface area contributed by atoms with E-state index in [0.29, 0.717) is 12.6 Å². The van der Waals surface area contributed by atoms with Crippen molar-refractivity contribution in [2.75, 3.05) is 33.2 Å².